The number of carboxylic acid groups (broad SMARTS) is 1. The molecule has 0 spiro atoms. The number of thioether (sulfide) groups is 1. The third kappa shape index (κ3) is 5.22. The van der Waals surface area contributed by atoms with E-state index >= 15 is 0 Å². The minimum atomic E-state index is -0.719. The summed E-state index contributed by atoms with van der Waals surface area (Å²) in [5.74, 6) is 0.910. The molecule has 0 aliphatic heterocycles. The van der Waals surface area contributed by atoms with Crippen LogP contribution in [0.15, 0.2) is 35.2 Å². The van der Waals surface area contributed by atoms with E-state index in [4.69, 9.17) is 16.7 Å². The molecule has 1 aromatic rings. The van der Waals surface area contributed by atoms with E-state index in [0.717, 1.165) is 17.2 Å². The van der Waals surface area contributed by atoms with Gasteiger partial charge in [0.2, 0.25) is 0 Å². The van der Waals surface area contributed by atoms with Crippen LogP contribution in [0.4, 0.5) is 0 Å². The molecule has 1 aliphatic carbocycles. The molecule has 20 heavy (non-hydrogen) atoms. The third-order valence-electron chi connectivity index (χ3n) is 3.25. The van der Waals surface area contributed by atoms with E-state index in [1.54, 1.807) is 0 Å². The molecule has 0 atom stereocenters. The predicted octanol–water partition coefficient (Wildman–Crippen LogP) is 5.12. The quantitative estimate of drug-likeness (QED) is 0.411. The van der Waals surface area contributed by atoms with Crippen molar-refractivity contribution >= 4 is 29.3 Å². The maximum atomic E-state index is 10.4. The van der Waals surface area contributed by atoms with Crippen molar-refractivity contribution in [2.75, 3.05) is 5.75 Å². The van der Waals surface area contributed by atoms with Gasteiger partial charge in [-0.3, -0.25) is 4.79 Å². The molecule has 2 rings (SSSR count). The first-order valence-corrected chi connectivity index (χ1v) is 8.32. The van der Waals surface area contributed by atoms with Crippen molar-refractivity contribution in [2.45, 2.75) is 42.9 Å². The minimum Gasteiger partial charge on any atom is -0.481 e. The van der Waals surface area contributed by atoms with Gasteiger partial charge < -0.3 is 5.11 Å². The molecule has 1 fully saturated rings. The maximum absolute atomic E-state index is 10.4. The molecule has 0 radical (unpaired) electrons. The van der Waals surface area contributed by atoms with Crippen LogP contribution in [0.25, 0.3) is 0 Å². The molecule has 0 aromatic heterocycles. The summed E-state index contributed by atoms with van der Waals surface area (Å²) < 4.78 is 0. The number of rotatable bonds is 8. The molecule has 0 heterocycles. The zero-order valence-corrected chi connectivity index (χ0v) is 12.9. The summed E-state index contributed by atoms with van der Waals surface area (Å²) in [6, 6.07) is 6.16. The van der Waals surface area contributed by atoms with Crippen molar-refractivity contribution in [3.8, 4) is 0 Å². The van der Waals surface area contributed by atoms with Gasteiger partial charge in [-0.2, -0.15) is 0 Å². The highest BCUT2D eigenvalue weighted by molar-refractivity contribution is 7.99. The Balaban J connectivity index is 1.76. The van der Waals surface area contributed by atoms with Gasteiger partial charge in [0.1, 0.15) is 0 Å². The Morgan fingerprint density at radius 3 is 2.90 bits per heavy atom. The van der Waals surface area contributed by atoms with Crippen LogP contribution in [0, 0.1) is 0 Å². The number of halogens is 1. The van der Waals surface area contributed by atoms with Crippen LogP contribution in [0.2, 0.25) is 5.02 Å². The molecule has 0 bridgehead atoms. The molecule has 2 nitrogen and oxygen atoms in total. The third-order valence-corrected chi connectivity index (χ3v) is 4.53. The Labute approximate surface area is 129 Å². The second-order valence-electron chi connectivity index (χ2n) is 5.02. The number of carbonyl (C=O) groups is 1. The molecule has 1 aliphatic rings. The number of allylic oxidation sites excluding steroid dienone is 1. The van der Waals surface area contributed by atoms with Crippen molar-refractivity contribution in [1.82, 2.24) is 0 Å². The smallest absolute Gasteiger partial charge is 0.303 e. The van der Waals surface area contributed by atoms with Crippen molar-refractivity contribution in [3.63, 3.8) is 0 Å². The highest BCUT2D eigenvalue weighted by Gasteiger charge is 2.26. The molecule has 1 aromatic carbocycles. The summed E-state index contributed by atoms with van der Waals surface area (Å²) >= 11 is 7.89. The molecule has 0 saturated heterocycles. The van der Waals surface area contributed by atoms with Gasteiger partial charge in [-0.05, 0) is 55.4 Å². The number of carboxylic acids is 1. The van der Waals surface area contributed by atoms with Crippen LogP contribution in [0.1, 0.15) is 43.6 Å². The number of hydrogen-bond donors (Lipinski definition) is 1. The van der Waals surface area contributed by atoms with Crippen LogP contribution >= 0.6 is 23.4 Å². The van der Waals surface area contributed by atoms with Crippen LogP contribution in [-0.4, -0.2) is 16.8 Å². The zero-order valence-electron chi connectivity index (χ0n) is 11.3. The fourth-order valence-corrected chi connectivity index (χ4v) is 3.21. The van der Waals surface area contributed by atoms with Gasteiger partial charge in [0.25, 0.3) is 0 Å². The lowest BCUT2D eigenvalue weighted by Gasteiger charge is -2.07. The number of hydrogen-bond acceptors (Lipinski definition) is 2. The van der Waals surface area contributed by atoms with Crippen molar-refractivity contribution in [2.24, 2.45) is 0 Å². The Bertz CT molecular complexity index is 495. The van der Waals surface area contributed by atoms with Gasteiger partial charge >= 0.3 is 5.97 Å². The SMILES string of the molecule is O=C(O)CCC/C=C/CSc1ccc(Cl)cc1C1CC1. The van der Waals surface area contributed by atoms with E-state index in [-0.39, 0.29) is 6.42 Å². The summed E-state index contributed by atoms with van der Waals surface area (Å²) in [4.78, 5) is 11.7. The van der Waals surface area contributed by atoms with Crippen LogP contribution in [-0.2, 0) is 4.79 Å². The summed E-state index contributed by atoms with van der Waals surface area (Å²) in [6.07, 6.45) is 8.55. The Kier molecular flexibility index (Phi) is 5.99. The lowest BCUT2D eigenvalue weighted by atomic mass is 10.1. The van der Waals surface area contributed by atoms with Crippen LogP contribution in [0.3, 0.4) is 0 Å². The highest BCUT2D eigenvalue weighted by Crippen LogP contribution is 2.45. The lowest BCUT2D eigenvalue weighted by Crippen LogP contribution is -1.92. The second-order valence-corrected chi connectivity index (χ2v) is 6.52. The van der Waals surface area contributed by atoms with Gasteiger partial charge in [-0.1, -0.05) is 23.8 Å². The fourth-order valence-electron chi connectivity index (χ4n) is 2.06. The summed E-state index contributed by atoms with van der Waals surface area (Å²) in [5.41, 5.74) is 1.39. The van der Waals surface area contributed by atoms with E-state index < -0.39 is 5.97 Å². The Morgan fingerprint density at radius 2 is 2.20 bits per heavy atom. The van der Waals surface area contributed by atoms with Gasteiger partial charge in [0.15, 0.2) is 0 Å². The summed E-state index contributed by atoms with van der Waals surface area (Å²) in [6.45, 7) is 0. The van der Waals surface area contributed by atoms with E-state index in [2.05, 4.69) is 24.3 Å². The largest absolute Gasteiger partial charge is 0.481 e. The van der Waals surface area contributed by atoms with Gasteiger partial charge in [0.05, 0.1) is 0 Å². The normalized spacial score (nSPS) is 14.8. The molecule has 4 heteroatoms. The molecular formula is C16H19ClO2S. The van der Waals surface area contributed by atoms with E-state index in [1.807, 2.05) is 17.8 Å². The molecule has 108 valence electrons. The molecule has 0 amide bonds. The van der Waals surface area contributed by atoms with Gasteiger partial charge in [-0.25, -0.2) is 0 Å². The van der Waals surface area contributed by atoms with Crippen LogP contribution < -0.4 is 0 Å². The average molecular weight is 311 g/mol. The summed E-state index contributed by atoms with van der Waals surface area (Å²) in [5, 5.41) is 9.36. The molecular weight excluding hydrogens is 292 g/mol. The number of benzene rings is 1. The lowest BCUT2D eigenvalue weighted by molar-refractivity contribution is -0.137. The maximum Gasteiger partial charge on any atom is 0.303 e. The van der Waals surface area contributed by atoms with E-state index in [0.29, 0.717) is 12.3 Å². The number of aliphatic carboxylic acids is 1. The molecule has 1 N–H and O–H groups in total. The molecule has 0 unspecified atom stereocenters. The first kappa shape index (κ1) is 15.5. The Hall–Kier alpha value is -0.930. The number of unbranched alkanes of at least 4 members (excludes halogenated alkanes) is 1. The summed E-state index contributed by atoms with van der Waals surface area (Å²) in [7, 11) is 0. The first-order valence-electron chi connectivity index (χ1n) is 6.96. The van der Waals surface area contributed by atoms with E-state index in [1.165, 1.54) is 23.3 Å². The highest BCUT2D eigenvalue weighted by atomic mass is 35.5. The molecule has 1 saturated carbocycles. The minimum absolute atomic E-state index is 0.250. The topological polar surface area (TPSA) is 37.3 Å². The first-order chi connectivity index (χ1) is 9.66. The van der Waals surface area contributed by atoms with Crippen molar-refractivity contribution in [3.05, 3.63) is 40.9 Å². The fraction of sp³-hybridized carbons (Fsp3) is 0.438. The second kappa shape index (κ2) is 7.75. The monoisotopic (exact) mass is 310 g/mol. The van der Waals surface area contributed by atoms with Crippen LogP contribution in [0.5, 0.6) is 0 Å². The predicted molar refractivity (Wildman–Crippen MR) is 84.8 cm³/mol. The average Bonchev–Trinajstić information content (AvgIpc) is 3.23. The van der Waals surface area contributed by atoms with Crippen molar-refractivity contribution in [1.29, 1.82) is 0 Å². The van der Waals surface area contributed by atoms with Crippen molar-refractivity contribution < 1.29 is 9.90 Å². The Morgan fingerprint density at radius 1 is 1.40 bits per heavy atom. The van der Waals surface area contributed by atoms with E-state index in [9.17, 15) is 4.79 Å². The standard InChI is InChI=1S/C16H19ClO2S/c17-13-8-9-15(14(11-13)12-6-7-12)20-10-4-2-1-3-5-16(18)19/h2,4,8-9,11-12H,1,3,5-7,10H2,(H,18,19)/b4-2+. The van der Waals surface area contributed by atoms with Gasteiger partial charge in [0, 0.05) is 22.1 Å². The van der Waals surface area contributed by atoms with Gasteiger partial charge in [-0.15, -0.1) is 11.8 Å². The zero-order chi connectivity index (χ0) is 14.4.